The Bertz CT molecular complexity index is 376. The number of hydrogen-bond donors (Lipinski definition) is 1. The Labute approximate surface area is 128 Å². The topological polar surface area (TPSA) is 44.8 Å². The van der Waals surface area contributed by atoms with E-state index in [1.54, 1.807) is 7.11 Å². The maximum absolute atomic E-state index is 13.1. The van der Waals surface area contributed by atoms with Crippen molar-refractivity contribution < 1.29 is 9.53 Å². The highest BCUT2D eigenvalue weighted by molar-refractivity contribution is 5.87. The van der Waals surface area contributed by atoms with Gasteiger partial charge < -0.3 is 15.0 Å². The van der Waals surface area contributed by atoms with Gasteiger partial charge in [0.2, 0.25) is 5.91 Å². The van der Waals surface area contributed by atoms with Crippen LogP contribution in [0.2, 0.25) is 0 Å². The van der Waals surface area contributed by atoms with E-state index < -0.39 is 0 Å². The molecule has 0 unspecified atom stereocenters. The lowest BCUT2D eigenvalue weighted by Gasteiger charge is -2.38. The molecule has 3 rings (SSSR count). The minimum atomic E-state index is -0.226. The first kappa shape index (κ1) is 15.3. The van der Waals surface area contributed by atoms with E-state index in [0.29, 0.717) is 0 Å². The number of carbonyl (C=O) groups excluding carboxylic acids is 1. The van der Waals surface area contributed by atoms with Gasteiger partial charge >= 0.3 is 0 Å². The van der Waals surface area contributed by atoms with E-state index in [1.165, 1.54) is 25.7 Å². The predicted molar refractivity (Wildman–Crippen MR) is 82.2 cm³/mol. The first-order chi connectivity index (χ1) is 10.2. The van der Waals surface area contributed by atoms with Crippen LogP contribution >= 0.6 is 0 Å². The van der Waals surface area contributed by atoms with Gasteiger partial charge in [-0.3, -0.25) is 9.69 Å². The van der Waals surface area contributed by atoms with Crippen molar-refractivity contribution in [3.8, 4) is 0 Å². The molecule has 2 heterocycles. The van der Waals surface area contributed by atoms with Gasteiger partial charge in [-0.25, -0.2) is 0 Å². The fourth-order valence-corrected chi connectivity index (χ4v) is 4.43. The summed E-state index contributed by atoms with van der Waals surface area (Å²) in [5.74, 6) is 0.254. The van der Waals surface area contributed by atoms with Gasteiger partial charge in [-0.05, 0) is 45.8 Å². The molecule has 5 nitrogen and oxygen atoms in total. The van der Waals surface area contributed by atoms with E-state index >= 15 is 0 Å². The Morgan fingerprint density at radius 2 is 1.81 bits per heavy atom. The second kappa shape index (κ2) is 6.23. The summed E-state index contributed by atoms with van der Waals surface area (Å²) >= 11 is 0. The Kier molecular flexibility index (Phi) is 4.52. The SMILES string of the molecule is CO[C@H]1CN(C)C[C@@H]1NC(=O)C1(N2CCCC2)CCCC1. The minimum absolute atomic E-state index is 0.121. The van der Waals surface area contributed by atoms with Crippen LogP contribution in [0, 0.1) is 0 Å². The van der Waals surface area contributed by atoms with Gasteiger partial charge in [0.1, 0.15) is 5.54 Å². The minimum Gasteiger partial charge on any atom is -0.378 e. The zero-order valence-electron chi connectivity index (χ0n) is 13.4. The Morgan fingerprint density at radius 3 is 2.43 bits per heavy atom. The van der Waals surface area contributed by atoms with Gasteiger partial charge in [-0.2, -0.15) is 0 Å². The molecule has 0 radical (unpaired) electrons. The largest absolute Gasteiger partial charge is 0.378 e. The molecule has 120 valence electrons. The maximum Gasteiger partial charge on any atom is 0.240 e. The monoisotopic (exact) mass is 295 g/mol. The summed E-state index contributed by atoms with van der Waals surface area (Å²) < 4.78 is 5.55. The number of ether oxygens (including phenoxy) is 1. The summed E-state index contributed by atoms with van der Waals surface area (Å²) in [7, 11) is 3.83. The normalized spacial score (nSPS) is 33.6. The van der Waals surface area contributed by atoms with Crippen molar-refractivity contribution in [3.05, 3.63) is 0 Å². The van der Waals surface area contributed by atoms with Crippen molar-refractivity contribution in [2.75, 3.05) is 40.3 Å². The van der Waals surface area contributed by atoms with Crippen LogP contribution in [-0.2, 0) is 9.53 Å². The fraction of sp³-hybridized carbons (Fsp3) is 0.938. The van der Waals surface area contributed by atoms with Crippen LogP contribution in [0.15, 0.2) is 0 Å². The molecule has 2 atom stereocenters. The van der Waals surface area contributed by atoms with Crippen LogP contribution < -0.4 is 5.32 Å². The molecule has 5 heteroatoms. The highest BCUT2D eigenvalue weighted by Gasteiger charge is 2.48. The maximum atomic E-state index is 13.1. The zero-order valence-corrected chi connectivity index (χ0v) is 13.4. The van der Waals surface area contributed by atoms with E-state index in [0.717, 1.165) is 39.0 Å². The fourth-order valence-electron chi connectivity index (χ4n) is 4.43. The number of likely N-dealkylation sites (tertiary alicyclic amines) is 2. The lowest BCUT2D eigenvalue weighted by Crippen LogP contribution is -2.59. The molecule has 0 aromatic heterocycles. The molecule has 0 bridgehead atoms. The van der Waals surface area contributed by atoms with Crippen LogP contribution in [0.4, 0.5) is 0 Å². The molecule has 1 saturated carbocycles. The average molecular weight is 295 g/mol. The number of methoxy groups -OCH3 is 1. The molecular weight excluding hydrogens is 266 g/mol. The summed E-state index contributed by atoms with van der Waals surface area (Å²) in [6.45, 7) is 3.97. The van der Waals surface area contributed by atoms with Gasteiger partial charge in [-0.1, -0.05) is 12.8 Å². The predicted octanol–water partition coefficient (Wildman–Crippen LogP) is 0.840. The van der Waals surface area contributed by atoms with Crippen LogP contribution in [0.1, 0.15) is 38.5 Å². The number of hydrogen-bond acceptors (Lipinski definition) is 4. The second-order valence-corrected chi connectivity index (χ2v) is 7.01. The molecule has 0 aromatic rings. The third-order valence-electron chi connectivity index (χ3n) is 5.63. The summed E-state index contributed by atoms with van der Waals surface area (Å²) in [6.07, 6.45) is 7.02. The molecule has 3 fully saturated rings. The number of nitrogens with zero attached hydrogens (tertiary/aromatic N) is 2. The van der Waals surface area contributed by atoms with Crippen molar-refractivity contribution in [2.45, 2.75) is 56.2 Å². The lowest BCUT2D eigenvalue weighted by atomic mass is 9.93. The smallest absolute Gasteiger partial charge is 0.240 e. The van der Waals surface area contributed by atoms with E-state index in [2.05, 4.69) is 22.2 Å². The lowest BCUT2D eigenvalue weighted by molar-refractivity contribution is -0.134. The number of likely N-dealkylation sites (N-methyl/N-ethyl adjacent to an activating group) is 1. The van der Waals surface area contributed by atoms with Gasteiger partial charge in [0.15, 0.2) is 0 Å². The van der Waals surface area contributed by atoms with Gasteiger partial charge in [0.25, 0.3) is 0 Å². The summed E-state index contributed by atoms with van der Waals surface area (Å²) in [5.41, 5.74) is -0.226. The van der Waals surface area contributed by atoms with Gasteiger partial charge in [0.05, 0.1) is 12.1 Å². The molecule has 2 aliphatic heterocycles. The van der Waals surface area contributed by atoms with E-state index in [-0.39, 0.29) is 23.6 Å². The molecule has 2 saturated heterocycles. The molecule has 1 aliphatic carbocycles. The van der Waals surface area contributed by atoms with E-state index in [1.807, 2.05) is 0 Å². The van der Waals surface area contributed by atoms with Gasteiger partial charge in [-0.15, -0.1) is 0 Å². The van der Waals surface area contributed by atoms with Crippen LogP contribution in [0.5, 0.6) is 0 Å². The highest BCUT2D eigenvalue weighted by atomic mass is 16.5. The first-order valence-electron chi connectivity index (χ1n) is 8.43. The van der Waals surface area contributed by atoms with Crippen molar-refractivity contribution >= 4 is 5.91 Å². The molecule has 1 N–H and O–H groups in total. The van der Waals surface area contributed by atoms with Crippen molar-refractivity contribution in [1.82, 2.24) is 15.1 Å². The number of amides is 1. The molecular formula is C16H29N3O2. The molecule has 21 heavy (non-hydrogen) atoms. The van der Waals surface area contributed by atoms with Crippen molar-refractivity contribution in [1.29, 1.82) is 0 Å². The van der Waals surface area contributed by atoms with Gasteiger partial charge in [0, 0.05) is 20.2 Å². The number of carbonyl (C=O) groups is 1. The average Bonchev–Trinajstić information content (AvgIpc) is 3.19. The molecule has 0 aromatic carbocycles. The van der Waals surface area contributed by atoms with Crippen LogP contribution in [-0.4, -0.2) is 73.7 Å². The summed E-state index contributed by atoms with van der Waals surface area (Å²) in [6, 6.07) is 0.132. The Hall–Kier alpha value is -0.650. The van der Waals surface area contributed by atoms with Crippen molar-refractivity contribution in [3.63, 3.8) is 0 Å². The Morgan fingerprint density at radius 1 is 1.14 bits per heavy atom. The third-order valence-corrected chi connectivity index (χ3v) is 5.63. The number of nitrogens with one attached hydrogen (secondary N) is 1. The van der Waals surface area contributed by atoms with E-state index in [9.17, 15) is 4.79 Å². The zero-order chi connectivity index (χ0) is 14.9. The summed E-state index contributed by atoms with van der Waals surface area (Å²) in [4.78, 5) is 17.7. The standard InChI is InChI=1S/C16H29N3O2/c1-18-11-13(14(12-18)21-2)17-15(20)16(7-3-4-8-16)19-9-5-6-10-19/h13-14H,3-12H2,1-2H3,(H,17,20)/t13-,14-/m0/s1. The molecule has 3 aliphatic rings. The molecule has 1 amide bonds. The Balaban J connectivity index is 1.70. The molecule has 0 spiro atoms. The van der Waals surface area contributed by atoms with Crippen LogP contribution in [0.3, 0.4) is 0 Å². The van der Waals surface area contributed by atoms with Crippen LogP contribution in [0.25, 0.3) is 0 Å². The third kappa shape index (κ3) is 2.83. The summed E-state index contributed by atoms with van der Waals surface area (Å²) in [5, 5.41) is 3.32. The highest BCUT2D eigenvalue weighted by Crippen LogP contribution is 2.38. The quantitative estimate of drug-likeness (QED) is 0.835. The second-order valence-electron chi connectivity index (χ2n) is 7.01. The first-order valence-corrected chi connectivity index (χ1v) is 8.43. The van der Waals surface area contributed by atoms with Crippen molar-refractivity contribution in [2.24, 2.45) is 0 Å². The number of rotatable bonds is 4. The van der Waals surface area contributed by atoms with E-state index in [4.69, 9.17) is 4.74 Å².